The Labute approximate surface area is 283 Å². The van der Waals surface area contributed by atoms with Crippen LogP contribution in [0.25, 0.3) is 5.65 Å². The van der Waals surface area contributed by atoms with Gasteiger partial charge in [-0.2, -0.15) is 0 Å². The van der Waals surface area contributed by atoms with E-state index in [0.717, 1.165) is 18.4 Å². The highest BCUT2D eigenvalue weighted by Crippen LogP contribution is 2.65. The van der Waals surface area contributed by atoms with Crippen LogP contribution in [-0.4, -0.2) is 62.8 Å². The number of aromatic nitrogens is 2. The molecular weight excluding hydrogens is 605 g/mol. The van der Waals surface area contributed by atoms with Crippen LogP contribution in [0.5, 0.6) is 0 Å². The number of fused-ring (bicyclic) bond motifs is 1. The van der Waals surface area contributed by atoms with Gasteiger partial charge in [-0.25, -0.2) is 4.98 Å². The molecule has 10 nitrogen and oxygen atoms in total. The second-order valence-corrected chi connectivity index (χ2v) is 16.2. The second kappa shape index (κ2) is 11.7. The molecule has 8 rings (SSSR count). The first-order valence-electron chi connectivity index (χ1n) is 17.4. The summed E-state index contributed by atoms with van der Waals surface area (Å²) in [5, 5.41) is 11.0. The molecule has 5 aliphatic rings. The smallest absolute Gasteiger partial charge is 0.404 e. The Hall–Kier alpha value is -3.70. The monoisotopic (exact) mass is 653 g/mol. The minimum atomic E-state index is -1.32. The molecule has 1 aromatic carbocycles. The lowest BCUT2D eigenvalue weighted by Gasteiger charge is -2.64. The van der Waals surface area contributed by atoms with Crippen LogP contribution in [0.3, 0.4) is 0 Å². The number of rotatable bonds is 10. The van der Waals surface area contributed by atoms with E-state index < -0.39 is 18.3 Å². The molecule has 2 amide bonds. The van der Waals surface area contributed by atoms with Crippen LogP contribution in [0.4, 0.5) is 0 Å². The van der Waals surface area contributed by atoms with Crippen molar-refractivity contribution in [3.63, 3.8) is 0 Å². The van der Waals surface area contributed by atoms with Gasteiger partial charge in [0.05, 0.1) is 34.5 Å². The van der Waals surface area contributed by atoms with Gasteiger partial charge in [0.1, 0.15) is 5.65 Å². The van der Waals surface area contributed by atoms with Gasteiger partial charge in [-0.05, 0) is 80.9 Å². The number of carbonyl (C=O) groups is 2. The van der Waals surface area contributed by atoms with Gasteiger partial charge in [0.25, 0.3) is 11.8 Å². The van der Waals surface area contributed by atoms with E-state index in [9.17, 15) is 9.59 Å². The van der Waals surface area contributed by atoms with Crippen molar-refractivity contribution >= 4 is 30.3 Å². The summed E-state index contributed by atoms with van der Waals surface area (Å²) in [4.78, 5) is 38.7. The third-order valence-corrected chi connectivity index (χ3v) is 11.7. The maximum absolute atomic E-state index is 14.6. The molecule has 2 aromatic heterocycles. The number of hydrogen-bond donors (Lipinski definition) is 2. The third kappa shape index (κ3) is 5.52. The van der Waals surface area contributed by atoms with E-state index in [1.807, 2.05) is 56.4 Å². The van der Waals surface area contributed by atoms with Crippen molar-refractivity contribution in [3.8, 4) is 0 Å². The van der Waals surface area contributed by atoms with Gasteiger partial charge in [-0.1, -0.05) is 63.2 Å². The molecule has 2 N–H and O–H groups in total. The lowest BCUT2D eigenvalue weighted by atomic mass is 9.43. The summed E-state index contributed by atoms with van der Waals surface area (Å²) in [6.07, 6.45) is 8.66. The van der Waals surface area contributed by atoms with Crippen LogP contribution in [0.1, 0.15) is 90.1 Å². The van der Waals surface area contributed by atoms with Crippen molar-refractivity contribution in [2.75, 3.05) is 0 Å². The number of oxime groups is 1. The molecule has 1 unspecified atom stereocenters. The third-order valence-electron chi connectivity index (χ3n) is 11.7. The Morgan fingerprint density at radius 1 is 1.08 bits per heavy atom. The lowest BCUT2D eigenvalue weighted by Crippen LogP contribution is -2.65. The number of hydrogen-bond acceptors (Lipinski definition) is 7. The average Bonchev–Trinajstić information content (AvgIpc) is 3.78. The molecule has 2 bridgehead atoms. The summed E-state index contributed by atoms with van der Waals surface area (Å²) >= 11 is 0. The fraction of sp³-hybridized carbons (Fsp3) is 0.568. The van der Waals surface area contributed by atoms with E-state index in [1.165, 1.54) is 0 Å². The zero-order valence-electron chi connectivity index (χ0n) is 29.2. The van der Waals surface area contributed by atoms with Gasteiger partial charge in [0.2, 0.25) is 5.60 Å². The maximum Gasteiger partial charge on any atom is 0.481 e. The topological polar surface area (TPSA) is 116 Å². The Morgan fingerprint density at radius 3 is 2.58 bits per heavy atom. The van der Waals surface area contributed by atoms with Crippen molar-refractivity contribution < 1.29 is 23.7 Å². The van der Waals surface area contributed by atoms with Crippen LogP contribution in [0, 0.1) is 23.2 Å². The maximum atomic E-state index is 14.6. The highest BCUT2D eigenvalue weighted by molar-refractivity contribution is 6.48. The average molecular weight is 654 g/mol. The Kier molecular flexibility index (Phi) is 8.02. The van der Waals surface area contributed by atoms with Crippen LogP contribution in [0.15, 0.2) is 66.2 Å². The van der Waals surface area contributed by atoms with E-state index >= 15 is 0 Å². The van der Waals surface area contributed by atoms with Crippen molar-refractivity contribution in [1.82, 2.24) is 20.0 Å². The molecule has 3 saturated carbocycles. The predicted molar refractivity (Wildman–Crippen MR) is 184 cm³/mol. The zero-order valence-corrected chi connectivity index (χ0v) is 29.2. The molecule has 3 aliphatic carbocycles. The minimum absolute atomic E-state index is 0.0130. The van der Waals surface area contributed by atoms with Crippen molar-refractivity contribution in [2.45, 2.75) is 109 Å². The van der Waals surface area contributed by atoms with E-state index in [0.29, 0.717) is 41.6 Å². The normalized spacial score (nSPS) is 29.5. The van der Waals surface area contributed by atoms with Gasteiger partial charge in [-0.3, -0.25) is 9.59 Å². The number of nitrogens with zero attached hydrogens (tertiary/aromatic N) is 3. The second-order valence-electron chi connectivity index (χ2n) is 16.2. The molecule has 4 heterocycles. The quantitative estimate of drug-likeness (QED) is 0.284. The number of benzene rings is 1. The first-order valence-corrected chi connectivity index (χ1v) is 17.4. The molecule has 6 atom stereocenters. The number of pyridine rings is 1. The predicted octanol–water partition coefficient (Wildman–Crippen LogP) is 5.40. The summed E-state index contributed by atoms with van der Waals surface area (Å²) in [5.74, 6) is 0.422. The Morgan fingerprint density at radius 2 is 1.85 bits per heavy atom. The van der Waals surface area contributed by atoms with E-state index in [-0.39, 0.29) is 47.2 Å². The molecular formula is C37H48BN5O5. The van der Waals surface area contributed by atoms with Crippen molar-refractivity contribution in [2.24, 2.45) is 28.3 Å². The molecule has 4 fully saturated rings. The molecule has 0 radical (unpaired) electrons. The van der Waals surface area contributed by atoms with Gasteiger partial charge in [0, 0.05) is 31.4 Å². The Bertz CT molecular complexity index is 1740. The summed E-state index contributed by atoms with van der Waals surface area (Å²) in [6, 6.07) is 13.4. The standard InChI is InChI=1S/C37H48BN5O5/c1-23(2)18-30(38-46-29-20-25-19-27(34(25,3)4)36(29,7)47-38)40-33(45)37(21-24-12-9-8-10-13-24)22-28(42-48-37)35(5,6)41-32(44)26-14-11-16-43-17-15-39-31(26)43/h8-17,23,25,27,29-30H,18-22H2,1-7H3,(H,40,45)(H,41,44)/t25-,27-,29+,30-,36-,37?/m0/s1. The summed E-state index contributed by atoms with van der Waals surface area (Å²) in [6.45, 7) is 15.0. The van der Waals surface area contributed by atoms with Gasteiger partial charge >= 0.3 is 7.12 Å². The van der Waals surface area contributed by atoms with Gasteiger partial charge in [0.15, 0.2) is 0 Å². The van der Waals surface area contributed by atoms with Gasteiger partial charge < -0.3 is 29.2 Å². The number of imidazole rings is 1. The Balaban J connectivity index is 1.12. The van der Waals surface area contributed by atoms with Crippen LogP contribution < -0.4 is 10.6 Å². The van der Waals surface area contributed by atoms with Crippen LogP contribution in [0.2, 0.25) is 0 Å². The van der Waals surface area contributed by atoms with Crippen molar-refractivity contribution in [1.29, 1.82) is 0 Å². The number of nitrogens with one attached hydrogen (secondary N) is 2. The minimum Gasteiger partial charge on any atom is -0.404 e. The molecule has 48 heavy (non-hydrogen) atoms. The van der Waals surface area contributed by atoms with Crippen LogP contribution in [-0.2, 0) is 25.4 Å². The fourth-order valence-electron chi connectivity index (χ4n) is 8.70. The summed E-state index contributed by atoms with van der Waals surface area (Å²) in [7, 11) is -0.557. The number of carbonyl (C=O) groups excluding carboxylic acids is 2. The highest BCUT2D eigenvalue weighted by Gasteiger charge is 2.68. The molecule has 11 heteroatoms. The van der Waals surface area contributed by atoms with Crippen LogP contribution >= 0.6 is 0 Å². The largest absolute Gasteiger partial charge is 0.481 e. The molecule has 1 saturated heterocycles. The summed E-state index contributed by atoms with van der Waals surface area (Å²) in [5.41, 5.74) is 0.143. The van der Waals surface area contributed by atoms with E-state index in [4.69, 9.17) is 14.1 Å². The van der Waals surface area contributed by atoms with Gasteiger partial charge in [-0.15, -0.1) is 0 Å². The first kappa shape index (κ1) is 32.8. The van der Waals surface area contributed by atoms with Crippen molar-refractivity contribution in [3.05, 3.63) is 72.2 Å². The summed E-state index contributed by atoms with van der Waals surface area (Å²) < 4.78 is 15.3. The SMILES string of the molecule is CC(C)C[C@H](NC(=O)C1(Cc2ccccc2)CC(C(C)(C)NC(=O)c2cccn3ccnc23)=NO1)B1O[C@@H]2C[C@@H]3C[C@@H](C3(C)C)[C@]2(C)O1. The van der Waals surface area contributed by atoms with E-state index in [2.05, 4.69) is 55.4 Å². The highest BCUT2D eigenvalue weighted by atomic mass is 16.7. The lowest BCUT2D eigenvalue weighted by molar-refractivity contribution is -0.199. The molecule has 3 aromatic rings. The number of amides is 2. The molecule has 0 spiro atoms. The molecule has 254 valence electrons. The molecule has 2 aliphatic heterocycles. The fourth-order valence-corrected chi connectivity index (χ4v) is 8.70. The van der Waals surface area contributed by atoms with E-state index in [1.54, 1.807) is 22.9 Å². The first-order chi connectivity index (χ1) is 22.7. The zero-order chi connectivity index (χ0) is 34.1.